The van der Waals surface area contributed by atoms with Crippen LogP contribution in [0.3, 0.4) is 0 Å². The first-order valence-corrected chi connectivity index (χ1v) is 11.9. The van der Waals surface area contributed by atoms with Crippen molar-refractivity contribution in [1.82, 2.24) is 20.2 Å². The summed E-state index contributed by atoms with van der Waals surface area (Å²) in [6, 6.07) is 4.84. The van der Waals surface area contributed by atoms with Gasteiger partial charge in [0.1, 0.15) is 17.5 Å². The van der Waals surface area contributed by atoms with Gasteiger partial charge in [0.2, 0.25) is 5.91 Å². The average Bonchev–Trinajstić information content (AvgIpc) is 3.21. The smallest absolute Gasteiger partial charge is 0.242 e. The highest BCUT2D eigenvalue weighted by Crippen LogP contribution is 2.41. The van der Waals surface area contributed by atoms with E-state index < -0.39 is 5.82 Å². The number of benzene rings is 1. The van der Waals surface area contributed by atoms with Crippen molar-refractivity contribution < 1.29 is 18.3 Å². The lowest BCUT2D eigenvalue weighted by atomic mass is 9.73. The molecule has 0 spiro atoms. The maximum atomic E-state index is 15.7. The normalized spacial score (nSPS) is 25.6. The minimum Gasteiger partial charge on any atom is -0.378 e. The van der Waals surface area contributed by atoms with Crippen molar-refractivity contribution in [3.8, 4) is 11.1 Å². The molecule has 2 saturated heterocycles. The van der Waals surface area contributed by atoms with E-state index in [4.69, 9.17) is 4.74 Å². The van der Waals surface area contributed by atoms with Crippen molar-refractivity contribution in [2.45, 2.75) is 32.7 Å². The fraction of sp³-hybridized carbons (Fsp3) is 0.462. The molecule has 0 aliphatic carbocycles. The Morgan fingerprint density at radius 2 is 1.94 bits per heavy atom. The number of likely N-dealkylation sites (tertiary alicyclic amines) is 1. The van der Waals surface area contributed by atoms with Crippen LogP contribution in [0.5, 0.6) is 0 Å². The predicted octanol–water partition coefficient (Wildman–Crippen LogP) is 4.00. The molecule has 4 heterocycles. The highest BCUT2D eigenvalue weighted by atomic mass is 19.1. The van der Waals surface area contributed by atoms with Crippen LogP contribution < -0.4 is 5.32 Å². The molecule has 0 saturated carbocycles. The molecular formula is C26H30F2N4O2. The molecule has 4 atom stereocenters. The summed E-state index contributed by atoms with van der Waals surface area (Å²) in [5.41, 5.74) is 3.20. The lowest BCUT2D eigenvalue weighted by Gasteiger charge is -2.43. The van der Waals surface area contributed by atoms with E-state index in [-0.39, 0.29) is 35.5 Å². The SMILES string of the molecule is Cc1cc(-c2ccnc3[nH]cc(F)c23)cc(F)c1C1[C@H](C)CN(C(=O)C2COCCN2)C[C@@H]1C. The molecular weight excluding hydrogens is 438 g/mol. The van der Waals surface area contributed by atoms with E-state index in [1.54, 1.807) is 12.3 Å². The summed E-state index contributed by atoms with van der Waals surface area (Å²) in [5, 5.41) is 3.60. The lowest BCUT2D eigenvalue weighted by Crippen LogP contribution is -2.56. The minimum atomic E-state index is -0.405. The number of H-pyrrole nitrogens is 1. The quantitative estimate of drug-likeness (QED) is 0.610. The maximum absolute atomic E-state index is 15.7. The summed E-state index contributed by atoms with van der Waals surface area (Å²) in [4.78, 5) is 21.9. The molecule has 0 bridgehead atoms. The Balaban J connectivity index is 1.43. The number of rotatable bonds is 3. The van der Waals surface area contributed by atoms with Crippen molar-refractivity contribution in [2.75, 3.05) is 32.8 Å². The molecule has 2 aliphatic heterocycles. The van der Waals surface area contributed by atoms with Gasteiger partial charge in [-0.3, -0.25) is 4.79 Å². The van der Waals surface area contributed by atoms with Gasteiger partial charge in [-0.05, 0) is 59.1 Å². The minimum absolute atomic E-state index is 0.0184. The molecule has 2 N–H and O–H groups in total. The molecule has 0 radical (unpaired) electrons. The molecule has 8 heteroatoms. The molecule has 34 heavy (non-hydrogen) atoms. The number of aromatic nitrogens is 2. The number of hydrogen-bond acceptors (Lipinski definition) is 4. The summed E-state index contributed by atoms with van der Waals surface area (Å²) in [6.07, 6.45) is 2.87. The molecule has 3 aromatic rings. The van der Waals surface area contributed by atoms with Gasteiger partial charge in [-0.1, -0.05) is 19.9 Å². The highest BCUT2D eigenvalue weighted by molar-refractivity contribution is 5.93. The van der Waals surface area contributed by atoms with Gasteiger partial charge in [0.15, 0.2) is 5.82 Å². The highest BCUT2D eigenvalue weighted by Gasteiger charge is 2.39. The van der Waals surface area contributed by atoms with Crippen LogP contribution in [0.25, 0.3) is 22.2 Å². The molecule has 2 unspecified atom stereocenters. The van der Waals surface area contributed by atoms with Crippen LogP contribution in [0.1, 0.15) is 30.9 Å². The zero-order chi connectivity index (χ0) is 24.0. The number of morpholine rings is 1. The van der Waals surface area contributed by atoms with Crippen molar-refractivity contribution in [1.29, 1.82) is 0 Å². The number of aromatic amines is 1. The third kappa shape index (κ3) is 3.99. The standard InChI is InChI=1S/C26H30F2N4O2/c1-14-8-17(18-4-5-30-25-24(18)20(28)10-31-25)9-19(27)23(14)22-15(2)11-32(12-16(22)3)26(33)21-13-34-7-6-29-21/h4-5,8-10,15-16,21-22,29H,6-7,11-13H2,1-3H3,(H,30,31)/t15-,16+,21?,22?. The third-order valence-electron chi connectivity index (χ3n) is 7.28. The number of ether oxygens (including phenoxy) is 1. The first kappa shape index (κ1) is 22.9. The number of hydrogen-bond donors (Lipinski definition) is 2. The lowest BCUT2D eigenvalue weighted by molar-refractivity contribution is -0.139. The summed E-state index contributed by atoms with van der Waals surface area (Å²) in [6.45, 7) is 8.91. The Hall–Kier alpha value is -2.84. The monoisotopic (exact) mass is 468 g/mol. The molecule has 2 fully saturated rings. The van der Waals surface area contributed by atoms with E-state index in [1.807, 2.05) is 17.9 Å². The van der Waals surface area contributed by atoms with E-state index in [0.29, 0.717) is 60.6 Å². The van der Waals surface area contributed by atoms with Crippen LogP contribution in [-0.4, -0.2) is 59.7 Å². The summed E-state index contributed by atoms with van der Waals surface area (Å²) in [7, 11) is 0. The Bertz CT molecular complexity index is 1190. The Morgan fingerprint density at radius 1 is 1.18 bits per heavy atom. The second kappa shape index (κ2) is 9.07. The molecule has 2 aliphatic rings. The Morgan fingerprint density at radius 3 is 2.62 bits per heavy atom. The number of aryl methyl sites for hydroxylation is 1. The van der Waals surface area contributed by atoms with E-state index >= 15 is 4.39 Å². The van der Waals surface area contributed by atoms with Gasteiger partial charge >= 0.3 is 0 Å². The molecule has 180 valence electrons. The van der Waals surface area contributed by atoms with Gasteiger partial charge in [0.25, 0.3) is 0 Å². The molecule has 5 rings (SSSR count). The topological polar surface area (TPSA) is 70.2 Å². The van der Waals surface area contributed by atoms with Gasteiger partial charge < -0.3 is 19.9 Å². The van der Waals surface area contributed by atoms with Crippen LogP contribution in [-0.2, 0) is 9.53 Å². The molecule has 2 aromatic heterocycles. The average molecular weight is 469 g/mol. The van der Waals surface area contributed by atoms with Crippen LogP contribution in [0.2, 0.25) is 0 Å². The van der Waals surface area contributed by atoms with Gasteiger partial charge in [0, 0.05) is 32.0 Å². The van der Waals surface area contributed by atoms with E-state index in [2.05, 4.69) is 29.1 Å². The molecule has 6 nitrogen and oxygen atoms in total. The Kier molecular flexibility index (Phi) is 6.12. The maximum Gasteiger partial charge on any atom is 0.242 e. The fourth-order valence-electron chi connectivity index (χ4n) is 5.84. The van der Waals surface area contributed by atoms with Crippen LogP contribution in [0.15, 0.2) is 30.6 Å². The summed E-state index contributed by atoms with van der Waals surface area (Å²) in [5.74, 6) is -0.481. The van der Waals surface area contributed by atoms with Crippen LogP contribution >= 0.6 is 0 Å². The number of carbonyl (C=O) groups is 1. The van der Waals surface area contributed by atoms with Crippen molar-refractivity contribution in [2.24, 2.45) is 11.8 Å². The Labute approximate surface area is 197 Å². The first-order valence-electron chi connectivity index (χ1n) is 11.9. The van der Waals surface area contributed by atoms with Gasteiger partial charge in [-0.15, -0.1) is 0 Å². The zero-order valence-electron chi connectivity index (χ0n) is 19.7. The second-order valence-corrected chi connectivity index (χ2v) is 9.71. The van der Waals surface area contributed by atoms with Gasteiger partial charge in [-0.25, -0.2) is 13.8 Å². The van der Waals surface area contributed by atoms with E-state index in [0.717, 1.165) is 5.56 Å². The number of nitrogens with zero attached hydrogens (tertiary/aromatic N) is 2. The number of nitrogens with one attached hydrogen (secondary N) is 2. The number of piperidine rings is 1. The van der Waals surface area contributed by atoms with Gasteiger partial charge in [0.05, 0.1) is 18.6 Å². The summed E-state index contributed by atoms with van der Waals surface area (Å²) < 4.78 is 35.5. The molecule has 1 aromatic carbocycles. The number of fused-ring (bicyclic) bond motifs is 1. The number of pyridine rings is 1. The largest absolute Gasteiger partial charge is 0.378 e. The zero-order valence-corrected chi connectivity index (χ0v) is 19.7. The van der Waals surface area contributed by atoms with Crippen LogP contribution in [0, 0.1) is 30.4 Å². The van der Waals surface area contributed by atoms with E-state index in [9.17, 15) is 9.18 Å². The van der Waals surface area contributed by atoms with Crippen molar-refractivity contribution in [3.05, 3.63) is 53.4 Å². The van der Waals surface area contributed by atoms with Gasteiger partial charge in [-0.2, -0.15) is 0 Å². The summed E-state index contributed by atoms with van der Waals surface area (Å²) >= 11 is 0. The van der Waals surface area contributed by atoms with Crippen molar-refractivity contribution >= 4 is 16.9 Å². The second-order valence-electron chi connectivity index (χ2n) is 9.71. The van der Waals surface area contributed by atoms with E-state index in [1.165, 1.54) is 12.3 Å². The fourth-order valence-corrected chi connectivity index (χ4v) is 5.84. The number of amides is 1. The number of carbonyl (C=O) groups excluding carboxylic acids is 1. The molecule has 1 amide bonds. The first-order chi connectivity index (χ1) is 16.3. The third-order valence-corrected chi connectivity index (χ3v) is 7.28. The van der Waals surface area contributed by atoms with Crippen molar-refractivity contribution in [3.63, 3.8) is 0 Å². The predicted molar refractivity (Wildman–Crippen MR) is 126 cm³/mol. The number of halogens is 2. The van der Waals surface area contributed by atoms with Crippen LogP contribution in [0.4, 0.5) is 8.78 Å².